The highest BCUT2D eigenvalue weighted by Gasteiger charge is 2.20. The first-order valence-electron chi connectivity index (χ1n) is 6.82. The van der Waals surface area contributed by atoms with Gasteiger partial charge in [-0.25, -0.2) is 0 Å². The standard InChI is InChI=1S/C16H25NO2/c1-6-16(3,4)17(5)11-12-19-15-10-8-7-9-14(15)13(2)18/h7-10H,6,11-12H2,1-5H3. The van der Waals surface area contributed by atoms with Gasteiger partial charge in [0.2, 0.25) is 0 Å². The Morgan fingerprint density at radius 3 is 2.53 bits per heavy atom. The van der Waals surface area contributed by atoms with E-state index in [1.165, 1.54) is 0 Å². The third-order valence-electron chi connectivity index (χ3n) is 3.85. The minimum Gasteiger partial charge on any atom is -0.491 e. The third-order valence-corrected chi connectivity index (χ3v) is 3.85. The van der Waals surface area contributed by atoms with Crippen LogP contribution in [0.4, 0.5) is 0 Å². The van der Waals surface area contributed by atoms with Crippen molar-refractivity contribution in [2.24, 2.45) is 0 Å². The Bertz CT molecular complexity index is 427. The summed E-state index contributed by atoms with van der Waals surface area (Å²) in [5, 5.41) is 0. The van der Waals surface area contributed by atoms with Gasteiger partial charge in [-0.15, -0.1) is 0 Å². The van der Waals surface area contributed by atoms with Crippen LogP contribution in [0.1, 0.15) is 44.5 Å². The van der Waals surface area contributed by atoms with E-state index < -0.39 is 0 Å². The van der Waals surface area contributed by atoms with Gasteiger partial charge in [0.05, 0.1) is 5.56 Å². The minimum absolute atomic E-state index is 0.0397. The van der Waals surface area contributed by atoms with E-state index in [9.17, 15) is 4.79 Å². The first-order valence-corrected chi connectivity index (χ1v) is 6.82. The molecule has 0 spiro atoms. The summed E-state index contributed by atoms with van der Waals surface area (Å²) in [6, 6.07) is 7.40. The van der Waals surface area contributed by atoms with Crippen molar-refractivity contribution >= 4 is 5.78 Å². The van der Waals surface area contributed by atoms with Crippen LogP contribution in [0.15, 0.2) is 24.3 Å². The molecular weight excluding hydrogens is 238 g/mol. The van der Waals surface area contributed by atoms with E-state index >= 15 is 0 Å². The maximum atomic E-state index is 11.5. The quantitative estimate of drug-likeness (QED) is 0.706. The van der Waals surface area contributed by atoms with Crippen molar-refractivity contribution in [3.63, 3.8) is 0 Å². The molecule has 0 aliphatic rings. The lowest BCUT2D eigenvalue weighted by atomic mass is 10.0. The average Bonchev–Trinajstić information content (AvgIpc) is 2.38. The molecule has 1 aromatic rings. The summed E-state index contributed by atoms with van der Waals surface area (Å²) in [6.45, 7) is 9.61. The maximum absolute atomic E-state index is 11.5. The van der Waals surface area contributed by atoms with Crippen LogP contribution in [0.3, 0.4) is 0 Å². The van der Waals surface area contributed by atoms with Crippen molar-refractivity contribution in [2.75, 3.05) is 20.2 Å². The molecule has 0 bridgehead atoms. The van der Waals surface area contributed by atoms with E-state index in [4.69, 9.17) is 4.74 Å². The second-order valence-electron chi connectivity index (χ2n) is 5.49. The second kappa shape index (κ2) is 6.71. The third kappa shape index (κ3) is 4.35. The van der Waals surface area contributed by atoms with Crippen LogP contribution in [-0.4, -0.2) is 36.4 Å². The van der Waals surface area contributed by atoms with Gasteiger partial charge in [0.1, 0.15) is 12.4 Å². The summed E-state index contributed by atoms with van der Waals surface area (Å²) in [4.78, 5) is 13.8. The summed E-state index contributed by atoms with van der Waals surface area (Å²) >= 11 is 0. The fraction of sp³-hybridized carbons (Fsp3) is 0.562. The molecule has 0 atom stereocenters. The Kier molecular flexibility index (Phi) is 5.55. The van der Waals surface area contributed by atoms with Crippen molar-refractivity contribution in [3.8, 4) is 5.75 Å². The molecule has 106 valence electrons. The van der Waals surface area contributed by atoms with Crippen molar-refractivity contribution in [1.82, 2.24) is 4.90 Å². The van der Waals surface area contributed by atoms with Crippen molar-refractivity contribution < 1.29 is 9.53 Å². The van der Waals surface area contributed by atoms with Crippen LogP contribution in [-0.2, 0) is 0 Å². The maximum Gasteiger partial charge on any atom is 0.163 e. The molecule has 1 aromatic carbocycles. The molecule has 0 N–H and O–H groups in total. The minimum atomic E-state index is 0.0397. The molecule has 3 heteroatoms. The molecule has 0 amide bonds. The van der Waals surface area contributed by atoms with Gasteiger partial charge in [-0.3, -0.25) is 9.69 Å². The van der Waals surface area contributed by atoms with Gasteiger partial charge in [0, 0.05) is 12.1 Å². The molecule has 0 aliphatic heterocycles. The lowest BCUT2D eigenvalue weighted by Crippen LogP contribution is -2.42. The van der Waals surface area contributed by atoms with E-state index in [0.717, 1.165) is 13.0 Å². The molecule has 0 fully saturated rings. The number of para-hydroxylation sites is 1. The van der Waals surface area contributed by atoms with Gasteiger partial charge in [0.25, 0.3) is 0 Å². The zero-order chi connectivity index (χ0) is 14.5. The highest BCUT2D eigenvalue weighted by Crippen LogP contribution is 2.19. The molecule has 19 heavy (non-hydrogen) atoms. The van der Waals surface area contributed by atoms with Crippen molar-refractivity contribution in [3.05, 3.63) is 29.8 Å². The summed E-state index contributed by atoms with van der Waals surface area (Å²) in [5.74, 6) is 0.718. The fourth-order valence-electron chi connectivity index (χ4n) is 1.75. The summed E-state index contributed by atoms with van der Waals surface area (Å²) < 4.78 is 5.75. The SMILES string of the molecule is CCC(C)(C)N(C)CCOc1ccccc1C(C)=O. The lowest BCUT2D eigenvalue weighted by Gasteiger charge is -2.34. The Balaban J connectivity index is 2.57. The zero-order valence-electron chi connectivity index (χ0n) is 12.7. The smallest absolute Gasteiger partial charge is 0.163 e. The van der Waals surface area contributed by atoms with Gasteiger partial charge in [0.15, 0.2) is 5.78 Å². The molecular formula is C16H25NO2. The first kappa shape index (κ1) is 15.7. The van der Waals surface area contributed by atoms with Crippen LogP contribution in [0, 0.1) is 0 Å². The van der Waals surface area contributed by atoms with Crippen molar-refractivity contribution in [1.29, 1.82) is 0 Å². The molecule has 0 aromatic heterocycles. The Morgan fingerprint density at radius 1 is 1.32 bits per heavy atom. The normalized spacial score (nSPS) is 11.7. The number of hydrogen-bond acceptors (Lipinski definition) is 3. The molecule has 0 heterocycles. The average molecular weight is 263 g/mol. The van der Waals surface area contributed by atoms with Crippen LogP contribution < -0.4 is 4.74 Å². The van der Waals surface area contributed by atoms with E-state index in [1.807, 2.05) is 18.2 Å². The highest BCUT2D eigenvalue weighted by molar-refractivity contribution is 5.96. The van der Waals surface area contributed by atoms with E-state index in [-0.39, 0.29) is 11.3 Å². The molecule has 0 radical (unpaired) electrons. The predicted molar refractivity (Wildman–Crippen MR) is 78.9 cm³/mol. The highest BCUT2D eigenvalue weighted by atomic mass is 16.5. The van der Waals surface area contributed by atoms with E-state index in [1.54, 1.807) is 13.0 Å². The molecule has 0 unspecified atom stereocenters. The molecule has 1 rings (SSSR count). The number of ether oxygens (including phenoxy) is 1. The number of Topliss-reactive ketones (excluding diaryl/α,β-unsaturated/α-hetero) is 1. The van der Waals surface area contributed by atoms with Gasteiger partial charge in [-0.05, 0) is 46.4 Å². The number of likely N-dealkylation sites (N-methyl/N-ethyl adjacent to an activating group) is 1. The van der Waals surface area contributed by atoms with E-state index in [0.29, 0.717) is 17.9 Å². The van der Waals surface area contributed by atoms with Gasteiger partial charge in [-0.1, -0.05) is 19.1 Å². The summed E-state index contributed by atoms with van der Waals surface area (Å²) in [5.41, 5.74) is 0.823. The van der Waals surface area contributed by atoms with Gasteiger partial charge in [-0.2, -0.15) is 0 Å². The Morgan fingerprint density at radius 2 is 1.95 bits per heavy atom. The van der Waals surface area contributed by atoms with Crippen molar-refractivity contribution in [2.45, 2.75) is 39.7 Å². The second-order valence-corrected chi connectivity index (χ2v) is 5.49. The fourth-order valence-corrected chi connectivity index (χ4v) is 1.75. The zero-order valence-corrected chi connectivity index (χ0v) is 12.7. The number of ketones is 1. The molecule has 0 saturated carbocycles. The van der Waals surface area contributed by atoms with Crippen LogP contribution in [0.2, 0.25) is 0 Å². The first-order chi connectivity index (χ1) is 8.88. The molecule has 0 aliphatic carbocycles. The van der Waals surface area contributed by atoms with Crippen LogP contribution in [0.5, 0.6) is 5.75 Å². The predicted octanol–water partition coefficient (Wildman–Crippen LogP) is 3.39. The molecule has 0 saturated heterocycles. The number of benzene rings is 1. The number of rotatable bonds is 7. The van der Waals surface area contributed by atoms with Crippen LogP contribution in [0.25, 0.3) is 0 Å². The number of hydrogen-bond donors (Lipinski definition) is 0. The molecule has 3 nitrogen and oxygen atoms in total. The number of carbonyl (C=O) groups is 1. The lowest BCUT2D eigenvalue weighted by molar-refractivity contribution is 0.100. The Labute approximate surface area is 116 Å². The van der Waals surface area contributed by atoms with Gasteiger partial charge < -0.3 is 4.74 Å². The monoisotopic (exact) mass is 263 g/mol. The summed E-state index contributed by atoms with van der Waals surface area (Å²) in [7, 11) is 2.10. The largest absolute Gasteiger partial charge is 0.491 e. The summed E-state index contributed by atoms with van der Waals surface area (Å²) in [6.07, 6.45) is 1.09. The van der Waals surface area contributed by atoms with Crippen LogP contribution >= 0.6 is 0 Å². The Hall–Kier alpha value is -1.35. The topological polar surface area (TPSA) is 29.5 Å². The van der Waals surface area contributed by atoms with Gasteiger partial charge >= 0.3 is 0 Å². The number of nitrogens with zero attached hydrogens (tertiary/aromatic N) is 1. The van der Waals surface area contributed by atoms with E-state index in [2.05, 4.69) is 32.7 Å². The number of carbonyl (C=O) groups excluding carboxylic acids is 1.